The fraction of sp³-hybridized carbons (Fsp3) is 0.500. The van der Waals surface area contributed by atoms with E-state index in [2.05, 4.69) is 4.99 Å². The molecule has 0 bridgehead atoms. The number of nitrogens with two attached hydrogens (primary N) is 1. The van der Waals surface area contributed by atoms with Crippen LogP contribution in [-0.4, -0.2) is 23.4 Å². The molecule has 2 N–H and O–H groups in total. The van der Waals surface area contributed by atoms with Crippen LogP contribution in [0.25, 0.3) is 0 Å². The molecule has 20 heavy (non-hydrogen) atoms. The molecule has 6 heteroatoms. The monoisotopic (exact) mass is 285 g/mol. The zero-order chi connectivity index (χ0) is 15.1. The van der Waals surface area contributed by atoms with Crippen molar-refractivity contribution in [1.82, 2.24) is 4.90 Å². The molecule has 0 spiro atoms. The number of guanidine groups is 1. The smallest absolute Gasteiger partial charge is 0.370 e. The van der Waals surface area contributed by atoms with Gasteiger partial charge in [-0.25, -0.2) is 0 Å². The third kappa shape index (κ3) is 2.34. The average Bonchev–Trinajstić information content (AvgIpc) is 2.65. The minimum atomic E-state index is -4.35. The number of nitrogens with zero attached hydrogens (tertiary/aromatic N) is 2. The molecular weight excluding hydrogens is 267 g/mol. The average molecular weight is 285 g/mol. The van der Waals surface area contributed by atoms with E-state index in [1.54, 1.807) is 6.07 Å². The topological polar surface area (TPSA) is 41.6 Å². The maximum atomic E-state index is 12.8. The molecule has 1 aliphatic rings. The quantitative estimate of drug-likeness (QED) is 0.907. The molecule has 0 aromatic heterocycles. The summed E-state index contributed by atoms with van der Waals surface area (Å²) in [5, 5.41) is 0. The first-order chi connectivity index (χ1) is 9.16. The molecule has 1 aromatic carbocycles. The van der Waals surface area contributed by atoms with Crippen LogP contribution in [0, 0.1) is 0 Å². The highest BCUT2D eigenvalue weighted by Gasteiger charge is 2.42. The van der Waals surface area contributed by atoms with E-state index in [9.17, 15) is 13.2 Å². The van der Waals surface area contributed by atoms with E-state index in [-0.39, 0.29) is 6.04 Å². The molecule has 0 saturated carbocycles. The van der Waals surface area contributed by atoms with Crippen molar-refractivity contribution in [1.29, 1.82) is 0 Å². The van der Waals surface area contributed by atoms with Crippen molar-refractivity contribution in [3.63, 3.8) is 0 Å². The van der Waals surface area contributed by atoms with Crippen LogP contribution in [0.1, 0.15) is 31.9 Å². The zero-order valence-electron chi connectivity index (χ0n) is 11.7. The summed E-state index contributed by atoms with van der Waals surface area (Å²) in [5.74, 6) is 0.375. The fourth-order valence-corrected chi connectivity index (χ4v) is 2.74. The molecule has 1 unspecified atom stereocenters. The Morgan fingerprint density at radius 3 is 2.55 bits per heavy atom. The standard InChI is InChI=1S/C14H18F3N3/c1-9(2)20-12(18)19-8-13(20,3)10-5-4-6-11(7-10)14(15,16)17/h4-7,9H,8H2,1-3H3,(H2,18,19). The Hall–Kier alpha value is -1.72. The van der Waals surface area contributed by atoms with Crippen LogP contribution in [0.2, 0.25) is 0 Å². The Kier molecular flexibility index (Phi) is 3.44. The van der Waals surface area contributed by atoms with Gasteiger partial charge in [0.05, 0.1) is 17.6 Å². The van der Waals surface area contributed by atoms with Crippen LogP contribution in [-0.2, 0) is 11.7 Å². The van der Waals surface area contributed by atoms with Crippen LogP contribution < -0.4 is 5.73 Å². The van der Waals surface area contributed by atoms with Gasteiger partial charge in [-0.15, -0.1) is 0 Å². The summed E-state index contributed by atoms with van der Waals surface area (Å²) < 4.78 is 38.5. The van der Waals surface area contributed by atoms with Crippen molar-refractivity contribution in [3.8, 4) is 0 Å². The molecule has 3 nitrogen and oxygen atoms in total. The highest BCUT2D eigenvalue weighted by atomic mass is 19.4. The van der Waals surface area contributed by atoms with Gasteiger partial charge in [0.15, 0.2) is 5.96 Å². The summed E-state index contributed by atoms with van der Waals surface area (Å²) in [6.07, 6.45) is -4.35. The number of benzene rings is 1. The minimum absolute atomic E-state index is 0.0563. The summed E-state index contributed by atoms with van der Waals surface area (Å²) in [7, 11) is 0. The SMILES string of the molecule is CC(C)N1C(N)=NCC1(C)c1cccc(C(F)(F)F)c1. The Balaban J connectivity index is 2.46. The van der Waals surface area contributed by atoms with Gasteiger partial charge in [0.2, 0.25) is 0 Å². The van der Waals surface area contributed by atoms with Gasteiger partial charge in [-0.2, -0.15) is 13.2 Å². The Labute approximate surface area is 116 Å². The molecule has 0 amide bonds. The zero-order valence-corrected chi connectivity index (χ0v) is 11.7. The molecule has 1 heterocycles. The fourth-order valence-electron chi connectivity index (χ4n) is 2.74. The number of rotatable bonds is 2. The molecule has 0 saturated heterocycles. The van der Waals surface area contributed by atoms with E-state index in [1.165, 1.54) is 12.1 Å². The number of alkyl halides is 3. The summed E-state index contributed by atoms with van der Waals surface area (Å²) in [6, 6.07) is 5.44. The highest BCUT2D eigenvalue weighted by molar-refractivity contribution is 5.81. The van der Waals surface area contributed by atoms with Gasteiger partial charge in [0.25, 0.3) is 0 Å². The van der Waals surface area contributed by atoms with E-state index in [0.717, 1.165) is 6.07 Å². The number of aliphatic imine (C=N–C) groups is 1. The molecule has 2 rings (SSSR count). The predicted octanol–water partition coefficient (Wildman–Crippen LogP) is 2.96. The lowest BCUT2D eigenvalue weighted by Gasteiger charge is -2.39. The second-order valence-corrected chi connectivity index (χ2v) is 5.49. The first kappa shape index (κ1) is 14.7. The van der Waals surface area contributed by atoms with Crippen molar-refractivity contribution in [2.24, 2.45) is 10.7 Å². The first-order valence-corrected chi connectivity index (χ1v) is 6.43. The normalized spacial score (nSPS) is 23.4. The van der Waals surface area contributed by atoms with Gasteiger partial charge in [0, 0.05) is 6.04 Å². The summed E-state index contributed by atoms with van der Waals surface area (Å²) in [5.41, 5.74) is 5.16. The minimum Gasteiger partial charge on any atom is -0.370 e. The van der Waals surface area contributed by atoms with Crippen LogP contribution in [0.4, 0.5) is 13.2 Å². The lowest BCUT2D eigenvalue weighted by Crippen LogP contribution is -2.51. The third-order valence-corrected chi connectivity index (χ3v) is 3.66. The third-order valence-electron chi connectivity index (χ3n) is 3.66. The van der Waals surface area contributed by atoms with Gasteiger partial charge in [0.1, 0.15) is 0 Å². The van der Waals surface area contributed by atoms with E-state index in [0.29, 0.717) is 18.1 Å². The first-order valence-electron chi connectivity index (χ1n) is 6.43. The molecule has 0 fully saturated rings. The van der Waals surface area contributed by atoms with E-state index in [1.807, 2.05) is 25.7 Å². The predicted molar refractivity (Wildman–Crippen MR) is 72.3 cm³/mol. The maximum absolute atomic E-state index is 12.8. The number of hydrogen-bond acceptors (Lipinski definition) is 3. The Morgan fingerprint density at radius 1 is 1.35 bits per heavy atom. The van der Waals surface area contributed by atoms with Gasteiger partial charge in [-0.3, -0.25) is 4.99 Å². The van der Waals surface area contributed by atoms with Crippen LogP contribution in [0.3, 0.4) is 0 Å². The van der Waals surface area contributed by atoms with E-state index >= 15 is 0 Å². The number of halogens is 3. The van der Waals surface area contributed by atoms with E-state index < -0.39 is 17.3 Å². The Bertz CT molecular complexity index is 537. The van der Waals surface area contributed by atoms with Crippen LogP contribution in [0.5, 0.6) is 0 Å². The summed E-state index contributed by atoms with van der Waals surface area (Å²) in [6.45, 7) is 6.11. The number of hydrogen-bond donors (Lipinski definition) is 1. The molecule has 1 aliphatic heterocycles. The molecule has 1 aromatic rings. The highest BCUT2D eigenvalue weighted by Crippen LogP contribution is 2.37. The van der Waals surface area contributed by atoms with Crippen molar-refractivity contribution in [2.75, 3.05) is 6.54 Å². The van der Waals surface area contributed by atoms with Crippen molar-refractivity contribution in [3.05, 3.63) is 35.4 Å². The van der Waals surface area contributed by atoms with Gasteiger partial charge in [-0.1, -0.05) is 12.1 Å². The lowest BCUT2D eigenvalue weighted by atomic mass is 9.89. The van der Waals surface area contributed by atoms with Crippen molar-refractivity contribution < 1.29 is 13.2 Å². The van der Waals surface area contributed by atoms with Crippen LogP contribution in [0.15, 0.2) is 29.3 Å². The summed E-state index contributed by atoms with van der Waals surface area (Å²) in [4.78, 5) is 6.06. The van der Waals surface area contributed by atoms with E-state index in [4.69, 9.17) is 5.73 Å². The second kappa shape index (κ2) is 4.68. The second-order valence-electron chi connectivity index (χ2n) is 5.49. The van der Waals surface area contributed by atoms with Crippen molar-refractivity contribution in [2.45, 2.75) is 38.5 Å². The maximum Gasteiger partial charge on any atom is 0.416 e. The van der Waals surface area contributed by atoms with Gasteiger partial charge in [-0.05, 0) is 38.5 Å². The Morgan fingerprint density at radius 2 is 2.00 bits per heavy atom. The molecule has 110 valence electrons. The van der Waals surface area contributed by atoms with Crippen LogP contribution >= 0.6 is 0 Å². The lowest BCUT2D eigenvalue weighted by molar-refractivity contribution is -0.137. The van der Waals surface area contributed by atoms with Crippen molar-refractivity contribution >= 4 is 5.96 Å². The largest absolute Gasteiger partial charge is 0.416 e. The summed E-state index contributed by atoms with van der Waals surface area (Å²) >= 11 is 0. The molecule has 0 radical (unpaired) electrons. The molecule has 0 aliphatic carbocycles. The molecule has 1 atom stereocenters. The van der Waals surface area contributed by atoms with Gasteiger partial charge >= 0.3 is 6.18 Å². The van der Waals surface area contributed by atoms with Gasteiger partial charge < -0.3 is 10.6 Å². The molecular formula is C14H18F3N3.